The van der Waals surface area contributed by atoms with Crippen molar-refractivity contribution in [2.24, 2.45) is 0 Å². The van der Waals surface area contributed by atoms with Gasteiger partial charge in [-0.15, -0.1) is 0 Å². The predicted octanol–water partition coefficient (Wildman–Crippen LogP) is 2.29. The van der Waals surface area contributed by atoms with Crippen molar-refractivity contribution < 1.29 is 4.42 Å². The van der Waals surface area contributed by atoms with Gasteiger partial charge in [0.25, 0.3) is 0 Å². The first-order chi connectivity index (χ1) is 8.25. The van der Waals surface area contributed by atoms with Crippen LogP contribution in [0.2, 0.25) is 0 Å². The molecular formula is C13H10N2O2. The third-order valence-corrected chi connectivity index (χ3v) is 2.68. The lowest BCUT2D eigenvalue weighted by atomic mass is 10.2. The van der Waals surface area contributed by atoms with Crippen molar-refractivity contribution in [1.29, 1.82) is 0 Å². The van der Waals surface area contributed by atoms with E-state index < -0.39 is 0 Å². The number of aryl methyl sites for hydroxylation is 1. The Morgan fingerprint density at radius 3 is 2.76 bits per heavy atom. The molecule has 4 nitrogen and oxygen atoms in total. The Bertz CT molecular complexity index is 726. The fraction of sp³-hybridized carbons (Fsp3) is 0.0769. The molecule has 0 radical (unpaired) electrons. The van der Waals surface area contributed by atoms with Gasteiger partial charge in [0, 0.05) is 6.07 Å². The van der Waals surface area contributed by atoms with Crippen molar-refractivity contribution in [2.75, 3.05) is 0 Å². The van der Waals surface area contributed by atoms with Crippen LogP contribution < -0.4 is 5.63 Å². The zero-order valence-electron chi connectivity index (χ0n) is 9.25. The van der Waals surface area contributed by atoms with Gasteiger partial charge in [-0.25, -0.2) is 9.48 Å². The maximum Gasteiger partial charge on any atom is 0.337 e. The molecule has 0 N–H and O–H groups in total. The molecule has 0 aliphatic rings. The number of fused-ring (bicyclic) bond motifs is 1. The normalized spacial score (nSPS) is 10.9. The first-order valence-corrected chi connectivity index (χ1v) is 5.29. The van der Waals surface area contributed by atoms with E-state index in [1.165, 1.54) is 6.07 Å². The third-order valence-electron chi connectivity index (χ3n) is 2.68. The van der Waals surface area contributed by atoms with Crippen LogP contribution in [-0.4, -0.2) is 9.78 Å². The van der Waals surface area contributed by atoms with Gasteiger partial charge >= 0.3 is 5.63 Å². The second-order valence-electron chi connectivity index (χ2n) is 3.86. The lowest BCUT2D eigenvalue weighted by Crippen LogP contribution is -2.01. The first kappa shape index (κ1) is 9.84. The van der Waals surface area contributed by atoms with Crippen LogP contribution in [0.25, 0.3) is 16.8 Å². The van der Waals surface area contributed by atoms with E-state index in [-0.39, 0.29) is 5.63 Å². The van der Waals surface area contributed by atoms with Crippen LogP contribution in [0.5, 0.6) is 0 Å². The highest BCUT2D eigenvalue weighted by atomic mass is 16.4. The van der Waals surface area contributed by atoms with Crippen molar-refractivity contribution in [2.45, 2.75) is 6.92 Å². The van der Waals surface area contributed by atoms with E-state index in [0.29, 0.717) is 5.71 Å². The zero-order chi connectivity index (χ0) is 11.8. The minimum Gasteiger partial charge on any atom is -0.403 e. The van der Waals surface area contributed by atoms with Crippen molar-refractivity contribution in [3.8, 4) is 5.69 Å². The SMILES string of the molecule is Cc1cc(=O)oc2c1cnn2-c1ccccc1. The van der Waals surface area contributed by atoms with Crippen LogP contribution in [0.1, 0.15) is 5.56 Å². The average molecular weight is 226 g/mol. The lowest BCUT2D eigenvalue weighted by molar-refractivity contribution is 0.535. The molecule has 2 aromatic heterocycles. The summed E-state index contributed by atoms with van der Waals surface area (Å²) >= 11 is 0. The molecule has 3 rings (SSSR count). The molecule has 0 spiro atoms. The maximum absolute atomic E-state index is 11.4. The quantitative estimate of drug-likeness (QED) is 0.639. The van der Waals surface area contributed by atoms with Crippen molar-refractivity contribution >= 4 is 11.1 Å². The zero-order valence-corrected chi connectivity index (χ0v) is 9.25. The number of rotatable bonds is 1. The van der Waals surface area contributed by atoms with E-state index in [1.807, 2.05) is 37.3 Å². The number of hydrogen-bond acceptors (Lipinski definition) is 3. The number of para-hydroxylation sites is 1. The van der Waals surface area contributed by atoms with Crippen LogP contribution in [0.15, 0.2) is 51.8 Å². The fourth-order valence-electron chi connectivity index (χ4n) is 1.84. The van der Waals surface area contributed by atoms with E-state index in [4.69, 9.17) is 4.42 Å². The molecule has 17 heavy (non-hydrogen) atoms. The van der Waals surface area contributed by atoms with E-state index in [9.17, 15) is 4.79 Å². The molecule has 0 saturated carbocycles. The number of aromatic nitrogens is 2. The maximum atomic E-state index is 11.4. The Morgan fingerprint density at radius 1 is 1.24 bits per heavy atom. The second kappa shape index (κ2) is 3.59. The molecule has 0 aliphatic carbocycles. The highest BCUT2D eigenvalue weighted by Gasteiger charge is 2.09. The summed E-state index contributed by atoms with van der Waals surface area (Å²) in [6.07, 6.45) is 1.71. The van der Waals surface area contributed by atoms with Crippen LogP contribution in [0.3, 0.4) is 0 Å². The Kier molecular flexibility index (Phi) is 2.08. The Labute approximate surface area is 97.1 Å². The molecule has 3 aromatic rings. The Balaban J connectivity index is 2.36. The van der Waals surface area contributed by atoms with Gasteiger partial charge in [-0.2, -0.15) is 5.10 Å². The van der Waals surface area contributed by atoms with Crippen LogP contribution in [0, 0.1) is 6.92 Å². The summed E-state index contributed by atoms with van der Waals surface area (Å²) in [4.78, 5) is 11.4. The molecule has 84 valence electrons. The summed E-state index contributed by atoms with van der Waals surface area (Å²) in [5.41, 5.74) is 1.88. The summed E-state index contributed by atoms with van der Waals surface area (Å²) in [6.45, 7) is 1.87. The standard InChI is InChI=1S/C13H10N2O2/c1-9-7-12(16)17-13-11(9)8-14-15(13)10-5-3-2-4-6-10/h2-8H,1H3. The van der Waals surface area contributed by atoms with Gasteiger partial charge in [0.2, 0.25) is 5.71 Å². The van der Waals surface area contributed by atoms with Crippen molar-refractivity contribution in [1.82, 2.24) is 9.78 Å². The van der Waals surface area contributed by atoms with Gasteiger partial charge in [-0.05, 0) is 24.6 Å². The van der Waals surface area contributed by atoms with Crippen LogP contribution in [-0.2, 0) is 0 Å². The highest BCUT2D eigenvalue weighted by Crippen LogP contribution is 2.19. The Hall–Kier alpha value is -2.36. The summed E-state index contributed by atoms with van der Waals surface area (Å²) in [5.74, 6) is 0. The monoisotopic (exact) mass is 226 g/mol. The lowest BCUT2D eigenvalue weighted by Gasteiger charge is -2.01. The molecule has 1 aromatic carbocycles. The Morgan fingerprint density at radius 2 is 2.00 bits per heavy atom. The molecule has 2 heterocycles. The molecule has 0 bridgehead atoms. The van der Waals surface area contributed by atoms with Gasteiger partial charge in [0.1, 0.15) is 0 Å². The molecule has 0 saturated heterocycles. The number of nitrogens with zero attached hydrogens (tertiary/aromatic N) is 2. The van der Waals surface area contributed by atoms with Gasteiger partial charge < -0.3 is 4.42 Å². The van der Waals surface area contributed by atoms with E-state index in [2.05, 4.69) is 5.10 Å². The minimum absolute atomic E-state index is 0.354. The van der Waals surface area contributed by atoms with E-state index in [0.717, 1.165) is 16.6 Å². The van der Waals surface area contributed by atoms with Gasteiger partial charge in [0.05, 0.1) is 17.3 Å². The largest absolute Gasteiger partial charge is 0.403 e. The van der Waals surface area contributed by atoms with Crippen LogP contribution in [0.4, 0.5) is 0 Å². The van der Waals surface area contributed by atoms with Gasteiger partial charge in [0.15, 0.2) is 0 Å². The minimum atomic E-state index is -0.354. The van der Waals surface area contributed by atoms with E-state index in [1.54, 1.807) is 10.9 Å². The van der Waals surface area contributed by atoms with Crippen molar-refractivity contribution in [3.63, 3.8) is 0 Å². The van der Waals surface area contributed by atoms with Crippen LogP contribution >= 0.6 is 0 Å². The van der Waals surface area contributed by atoms with Crippen molar-refractivity contribution in [3.05, 3.63) is 58.6 Å². The first-order valence-electron chi connectivity index (χ1n) is 5.29. The smallest absolute Gasteiger partial charge is 0.337 e. The average Bonchev–Trinajstić information content (AvgIpc) is 2.74. The molecule has 4 heteroatoms. The van der Waals surface area contributed by atoms with E-state index >= 15 is 0 Å². The molecule has 0 unspecified atom stereocenters. The van der Waals surface area contributed by atoms with Gasteiger partial charge in [-0.1, -0.05) is 18.2 Å². The molecule has 0 fully saturated rings. The third kappa shape index (κ3) is 1.54. The second-order valence-corrected chi connectivity index (χ2v) is 3.86. The summed E-state index contributed by atoms with van der Waals surface area (Å²) in [5, 5.41) is 5.11. The molecule has 0 atom stereocenters. The topological polar surface area (TPSA) is 48.0 Å². The molecule has 0 aliphatic heterocycles. The summed E-state index contributed by atoms with van der Waals surface area (Å²) in [7, 11) is 0. The predicted molar refractivity (Wildman–Crippen MR) is 64.3 cm³/mol. The summed E-state index contributed by atoms with van der Waals surface area (Å²) in [6, 6.07) is 11.0. The molecular weight excluding hydrogens is 216 g/mol. The molecule has 0 amide bonds. The number of benzene rings is 1. The summed E-state index contributed by atoms with van der Waals surface area (Å²) < 4.78 is 6.84. The fourth-order valence-corrected chi connectivity index (χ4v) is 1.84. The number of hydrogen-bond donors (Lipinski definition) is 0. The van der Waals surface area contributed by atoms with Gasteiger partial charge in [-0.3, -0.25) is 0 Å². The highest BCUT2D eigenvalue weighted by molar-refractivity contribution is 5.77.